The fourth-order valence-electron chi connectivity index (χ4n) is 1.83. The maximum absolute atomic E-state index is 10.7. The fourth-order valence-corrected chi connectivity index (χ4v) is 1.83. The Morgan fingerprint density at radius 3 is 2.78 bits per heavy atom. The number of nitriles is 1. The summed E-state index contributed by atoms with van der Waals surface area (Å²) in [5.41, 5.74) is 8.00. The van der Waals surface area contributed by atoms with Crippen LogP contribution in [0.15, 0.2) is 24.3 Å². The van der Waals surface area contributed by atoms with E-state index >= 15 is 0 Å². The van der Waals surface area contributed by atoms with Gasteiger partial charge in [0.2, 0.25) is 0 Å². The van der Waals surface area contributed by atoms with E-state index in [0.717, 1.165) is 0 Å². The molecule has 1 heterocycles. The normalized spacial score (nSPS) is 10.0. The topological polar surface area (TPSA) is 109 Å². The van der Waals surface area contributed by atoms with Crippen molar-refractivity contribution in [2.45, 2.75) is 6.92 Å². The number of nitrogens with two attached hydrogens (primary N) is 1. The molecule has 6 heteroatoms. The molecule has 6 nitrogen and oxygen atoms in total. The molecule has 0 unspecified atom stereocenters. The molecule has 0 aliphatic carbocycles. The average molecular weight is 242 g/mol. The summed E-state index contributed by atoms with van der Waals surface area (Å²) < 4.78 is 0. The van der Waals surface area contributed by atoms with Crippen molar-refractivity contribution in [3.05, 3.63) is 45.5 Å². The first kappa shape index (κ1) is 11.7. The van der Waals surface area contributed by atoms with E-state index in [1.54, 1.807) is 19.1 Å². The molecule has 0 radical (unpaired) electrons. The maximum atomic E-state index is 10.7. The Morgan fingerprint density at radius 1 is 1.50 bits per heavy atom. The van der Waals surface area contributed by atoms with Crippen LogP contribution in [0.5, 0.6) is 0 Å². The highest BCUT2D eigenvalue weighted by molar-refractivity contribution is 5.73. The van der Waals surface area contributed by atoms with Crippen molar-refractivity contribution >= 4 is 11.5 Å². The first-order valence-corrected chi connectivity index (χ1v) is 5.17. The van der Waals surface area contributed by atoms with Gasteiger partial charge in [-0.05, 0) is 12.5 Å². The van der Waals surface area contributed by atoms with Crippen molar-refractivity contribution < 1.29 is 4.92 Å². The Balaban J connectivity index is 2.60. The third-order valence-electron chi connectivity index (χ3n) is 2.74. The molecular formula is C12H10N4O2. The second-order valence-electron chi connectivity index (χ2n) is 3.83. The maximum Gasteiger partial charge on any atom is 0.270 e. The molecule has 18 heavy (non-hydrogen) atoms. The summed E-state index contributed by atoms with van der Waals surface area (Å²) in [5, 5.41) is 19.7. The number of rotatable bonds is 2. The standard InChI is InChI=1S/C12H10N4O2/c1-7-10(6-13)12(14)15-11(7)8-3-2-4-9(5-8)16(17)18/h2-5,15H,14H2,1H3. The van der Waals surface area contributed by atoms with Gasteiger partial charge in [-0.3, -0.25) is 10.1 Å². The Bertz CT molecular complexity index is 667. The predicted molar refractivity (Wildman–Crippen MR) is 66.7 cm³/mol. The molecule has 0 bridgehead atoms. The summed E-state index contributed by atoms with van der Waals surface area (Å²) in [6.07, 6.45) is 0. The number of nitro groups is 1. The van der Waals surface area contributed by atoms with Gasteiger partial charge < -0.3 is 10.7 Å². The monoisotopic (exact) mass is 242 g/mol. The Hall–Kier alpha value is -2.81. The second-order valence-corrected chi connectivity index (χ2v) is 3.83. The SMILES string of the molecule is Cc1c(-c2cccc([N+](=O)[O-])c2)[nH]c(N)c1C#N. The van der Waals surface area contributed by atoms with Gasteiger partial charge in [0.15, 0.2) is 0 Å². The third-order valence-corrected chi connectivity index (χ3v) is 2.74. The Labute approximate surface area is 103 Å². The largest absolute Gasteiger partial charge is 0.384 e. The van der Waals surface area contributed by atoms with Gasteiger partial charge >= 0.3 is 0 Å². The summed E-state index contributed by atoms with van der Waals surface area (Å²) in [7, 11) is 0. The van der Waals surface area contributed by atoms with Crippen LogP contribution in [-0.4, -0.2) is 9.91 Å². The van der Waals surface area contributed by atoms with Gasteiger partial charge in [0, 0.05) is 17.7 Å². The highest BCUT2D eigenvalue weighted by Crippen LogP contribution is 2.30. The zero-order chi connectivity index (χ0) is 13.3. The van der Waals surface area contributed by atoms with Gasteiger partial charge in [0.1, 0.15) is 11.9 Å². The summed E-state index contributed by atoms with van der Waals surface area (Å²) in [6, 6.07) is 8.18. The van der Waals surface area contributed by atoms with Crippen molar-refractivity contribution in [2.75, 3.05) is 5.73 Å². The van der Waals surface area contributed by atoms with E-state index in [-0.39, 0.29) is 11.5 Å². The molecular weight excluding hydrogens is 232 g/mol. The zero-order valence-electron chi connectivity index (χ0n) is 9.60. The van der Waals surface area contributed by atoms with E-state index in [1.807, 2.05) is 6.07 Å². The van der Waals surface area contributed by atoms with Crippen LogP contribution in [0.1, 0.15) is 11.1 Å². The summed E-state index contributed by atoms with van der Waals surface area (Å²) in [5.74, 6) is 0.275. The van der Waals surface area contributed by atoms with Crippen LogP contribution >= 0.6 is 0 Å². The number of aromatic nitrogens is 1. The van der Waals surface area contributed by atoms with E-state index < -0.39 is 4.92 Å². The number of hydrogen-bond donors (Lipinski definition) is 2. The second kappa shape index (κ2) is 4.22. The molecule has 1 aromatic heterocycles. The number of nitrogens with zero attached hydrogens (tertiary/aromatic N) is 2. The number of aromatic amines is 1. The summed E-state index contributed by atoms with van der Waals surface area (Å²) >= 11 is 0. The number of anilines is 1. The Morgan fingerprint density at radius 2 is 2.22 bits per heavy atom. The van der Waals surface area contributed by atoms with Gasteiger partial charge in [-0.1, -0.05) is 12.1 Å². The molecule has 0 aliphatic heterocycles. The average Bonchev–Trinajstić information content (AvgIpc) is 2.64. The highest BCUT2D eigenvalue weighted by atomic mass is 16.6. The third kappa shape index (κ3) is 1.78. The van der Waals surface area contributed by atoms with E-state index in [4.69, 9.17) is 11.0 Å². The summed E-state index contributed by atoms with van der Waals surface area (Å²) in [6.45, 7) is 1.75. The molecule has 2 aromatic rings. The van der Waals surface area contributed by atoms with Crippen LogP contribution in [0.3, 0.4) is 0 Å². The van der Waals surface area contributed by atoms with Gasteiger partial charge in [-0.2, -0.15) is 5.26 Å². The predicted octanol–water partition coefficient (Wildman–Crippen LogP) is 2.35. The van der Waals surface area contributed by atoms with E-state index in [0.29, 0.717) is 22.4 Å². The van der Waals surface area contributed by atoms with Crippen LogP contribution in [0.4, 0.5) is 11.5 Å². The number of non-ortho nitro benzene ring substituents is 1. The van der Waals surface area contributed by atoms with Crippen molar-refractivity contribution in [2.24, 2.45) is 0 Å². The van der Waals surface area contributed by atoms with Crippen LogP contribution in [0.2, 0.25) is 0 Å². The van der Waals surface area contributed by atoms with Crippen LogP contribution in [0, 0.1) is 28.4 Å². The lowest BCUT2D eigenvalue weighted by Crippen LogP contribution is -1.89. The van der Waals surface area contributed by atoms with Gasteiger partial charge in [0.05, 0.1) is 16.2 Å². The number of nitrogen functional groups attached to an aromatic ring is 1. The fraction of sp³-hybridized carbons (Fsp3) is 0.0833. The van der Waals surface area contributed by atoms with Crippen molar-refractivity contribution in [1.29, 1.82) is 5.26 Å². The quantitative estimate of drug-likeness (QED) is 0.622. The van der Waals surface area contributed by atoms with Gasteiger partial charge in [-0.15, -0.1) is 0 Å². The van der Waals surface area contributed by atoms with Crippen molar-refractivity contribution in [3.63, 3.8) is 0 Å². The molecule has 0 spiro atoms. The lowest BCUT2D eigenvalue weighted by molar-refractivity contribution is -0.384. The lowest BCUT2D eigenvalue weighted by Gasteiger charge is -2.00. The van der Waals surface area contributed by atoms with Gasteiger partial charge in [-0.25, -0.2) is 0 Å². The molecule has 3 N–H and O–H groups in total. The van der Waals surface area contributed by atoms with Crippen LogP contribution < -0.4 is 5.73 Å². The molecule has 0 saturated heterocycles. The molecule has 0 atom stereocenters. The molecule has 0 amide bonds. The van der Waals surface area contributed by atoms with Crippen molar-refractivity contribution in [1.82, 2.24) is 4.98 Å². The van der Waals surface area contributed by atoms with Crippen molar-refractivity contribution in [3.8, 4) is 17.3 Å². The molecule has 0 saturated carbocycles. The minimum Gasteiger partial charge on any atom is -0.384 e. The molecule has 0 aliphatic rings. The molecule has 90 valence electrons. The van der Waals surface area contributed by atoms with Gasteiger partial charge in [0.25, 0.3) is 5.69 Å². The molecule has 0 fully saturated rings. The van der Waals surface area contributed by atoms with E-state index in [9.17, 15) is 10.1 Å². The minimum atomic E-state index is -0.462. The number of H-pyrrole nitrogens is 1. The zero-order valence-corrected chi connectivity index (χ0v) is 9.60. The van der Waals surface area contributed by atoms with E-state index in [1.165, 1.54) is 12.1 Å². The van der Waals surface area contributed by atoms with E-state index in [2.05, 4.69) is 4.98 Å². The highest BCUT2D eigenvalue weighted by Gasteiger charge is 2.15. The molecule has 1 aromatic carbocycles. The van der Waals surface area contributed by atoms with Crippen LogP contribution in [0.25, 0.3) is 11.3 Å². The minimum absolute atomic E-state index is 0.00132. The first-order chi connectivity index (χ1) is 8.54. The number of benzene rings is 1. The first-order valence-electron chi connectivity index (χ1n) is 5.17. The number of nitro benzene ring substituents is 1. The lowest BCUT2D eigenvalue weighted by atomic mass is 10.1. The summed E-state index contributed by atoms with van der Waals surface area (Å²) in [4.78, 5) is 13.1. The smallest absolute Gasteiger partial charge is 0.270 e. The number of nitrogens with one attached hydrogen (secondary N) is 1. The molecule has 2 rings (SSSR count). The Kier molecular flexibility index (Phi) is 2.73. The van der Waals surface area contributed by atoms with Crippen LogP contribution in [-0.2, 0) is 0 Å². The number of hydrogen-bond acceptors (Lipinski definition) is 4.